The van der Waals surface area contributed by atoms with Gasteiger partial charge in [-0.2, -0.15) is 0 Å². The van der Waals surface area contributed by atoms with Crippen molar-refractivity contribution in [1.82, 2.24) is 20.2 Å². The molecule has 0 fully saturated rings. The third kappa shape index (κ3) is 4.54. The predicted octanol–water partition coefficient (Wildman–Crippen LogP) is 2.92. The Kier molecular flexibility index (Phi) is 5.88. The van der Waals surface area contributed by atoms with Crippen LogP contribution >= 0.6 is 11.6 Å². The first-order valence-electron chi connectivity index (χ1n) is 8.44. The van der Waals surface area contributed by atoms with E-state index >= 15 is 0 Å². The summed E-state index contributed by atoms with van der Waals surface area (Å²) in [5.74, 6) is 0.219. The molecule has 3 rings (SSSR count). The molecule has 0 spiro atoms. The number of nitrogens with zero attached hydrogens (tertiary/aromatic N) is 2. The van der Waals surface area contributed by atoms with Gasteiger partial charge in [0.15, 0.2) is 0 Å². The Morgan fingerprint density at radius 1 is 1.11 bits per heavy atom. The second-order valence-corrected chi connectivity index (χ2v) is 6.32. The molecule has 0 saturated heterocycles. The SMILES string of the molecule is C=CCNC(=O)Cn1c(CNC(=O)c2ccc(Cl)cc2)nc2ccccc21. The lowest BCUT2D eigenvalue weighted by Crippen LogP contribution is -2.30. The molecular formula is C20H19ClN4O2. The number of carbonyl (C=O) groups is 2. The number of benzene rings is 2. The van der Waals surface area contributed by atoms with E-state index in [-0.39, 0.29) is 24.9 Å². The zero-order chi connectivity index (χ0) is 19.2. The van der Waals surface area contributed by atoms with Crippen LogP contribution < -0.4 is 10.6 Å². The van der Waals surface area contributed by atoms with Crippen LogP contribution in [0.3, 0.4) is 0 Å². The molecule has 138 valence electrons. The second kappa shape index (κ2) is 8.51. The summed E-state index contributed by atoms with van der Waals surface area (Å²) in [6.07, 6.45) is 1.62. The van der Waals surface area contributed by atoms with Crippen LogP contribution in [0.1, 0.15) is 16.2 Å². The van der Waals surface area contributed by atoms with Crippen molar-refractivity contribution in [3.63, 3.8) is 0 Å². The Labute approximate surface area is 161 Å². The highest BCUT2D eigenvalue weighted by Gasteiger charge is 2.14. The summed E-state index contributed by atoms with van der Waals surface area (Å²) < 4.78 is 1.80. The van der Waals surface area contributed by atoms with Crippen LogP contribution in [0.25, 0.3) is 11.0 Å². The number of hydrogen-bond acceptors (Lipinski definition) is 3. The number of halogens is 1. The molecule has 0 bridgehead atoms. The van der Waals surface area contributed by atoms with Crippen molar-refractivity contribution in [3.05, 3.63) is 77.6 Å². The first-order valence-corrected chi connectivity index (χ1v) is 8.82. The van der Waals surface area contributed by atoms with Gasteiger partial charge in [-0.1, -0.05) is 29.8 Å². The Hall–Kier alpha value is -3.12. The third-order valence-corrected chi connectivity index (χ3v) is 4.24. The van der Waals surface area contributed by atoms with Crippen molar-refractivity contribution >= 4 is 34.4 Å². The van der Waals surface area contributed by atoms with E-state index in [4.69, 9.17) is 11.6 Å². The smallest absolute Gasteiger partial charge is 0.251 e. The van der Waals surface area contributed by atoms with Gasteiger partial charge in [0.25, 0.3) is 5.91 Å². The van der Waals surface area contributed by atoms with E-state index in [1.54, 1.807) is 34.9 Å². The summed E-state index contributed by atoms with van der Waals surface area (Å²) >= 11 is 5.85. The molecule has 1 heterocycles. The zero-order valence-corrected chi connectivity index (χ0v) is 15.4. The first kappa shape index (κ1) is 18.7. The van der Waals surface area contributed by atoms with Gasteiger partial charge in [0.05, 0.1) is 17.6 Å². The normalized spacial score (nSPS) is 10.6. The number of rotatable bonds is 7. The van der Waals surface area contributed by atoms with Crippen LogP contribution in [0.5, 0.6) is 0 Å². The average Bonchev–Trinajstić information content (AvgIpc) is 3.02. The summed E-state index contributed by atoms with van der Waals surface area (Å²) in [7, 11) is 0. The molecule has 6 nitrogen and oxygen atoms in total. The van der Waals surface area contributed by atoms with E-state index in [1.165, 1.54) is 0 Å². The third-order valence-electron chi connectivity index (χ3n) is 3.99. The summed E-state index contributed by atoms with van der Waals surface area (Å²) in [5.41, 5.74) is 2.11. The molecule has 1 aromatic heterocycles. The number of nitrogens with one attached hydrogen (secondary N) is 2. The molecule has 0 aliphatic heterocycles. The lowest BCUT2D eigenvalue weighted by atomic mass is 10.2. The fourth-order valence-corrected chi connectivity index (χ4v) is 2.81. The standard InChI is InChI=1S/C20H19ClN4O2/c1-2-11-22-19(26)13-25-17-6-4-3-5-16(17)24-18(25)12-23-20(27)14-7-9-15(21)10-8-14/h2-10H,1,11-13H2,(H,22,26)(H,23,27). The van der Waals surface area contributed by atoms with Crippen LogP contribution in [-0.2, 0) is 17.9 Å². The second-order valence-electron chi connectivity index (χ2n) is 5.89. The van der Waals surface area contributed by atoms with Gasteiger partial charge in [0.1, 0.15) is 12.4 Å². The number of carbonyl (C=O) groups excluding carboxylic acids is 2. The van der Waals surface area contributed by atoms with Crippen molar-refractivity contribution in [3.8, 4) is 0 Å². The number of para-hydroxylation sites is 2. The number of fused-ring (bicyclic) bond motifs is 1. The molecule has 0 aliphatic rings. The van der Waals surface area contributed by atoms with E-state index in [0.717, 1.165) is 11.0 Å². The minimum Gasteiger partial charge on any atom is -0.351 e. The number of hydrogen-bond donors (Lipinski definition) is 2. The molecule has 0 saturated carbocycles. The molecule has 0 radical (unpaired) electrons. The minimum atomic E-state index is -0.235. The first-order chi connectivity index (χ1) is 13.1. The Morgan fingerprint density at radius 2 is 1.85 bits per heavy atom. The van der Waals surface area contributed by atoms with Crippen LogP contribution in [0.4, 0.5) is 0 Å². The Morgan fingerprint density at radius 3 is 2.59 bits per heavy atom. The molecule has 27 heavy (non-hydrogen) atoms. The summed E-state index contributed by atoms with van der Waals surface area (Å²) in [6.45, 7) is 4.30. The van der Waals surface area contributed by atoms with E-state index in [2.05, 4.69) is 22.2 Å². The van der Waals surface area contributed by atoms with Crippen LogP contribution in [0, 0.1) is 0 Å². The van der Waals surface area contributed by atoms with Crippen LogP contribution in [0.15, 0.2) is 61.2 Å². The highest BCUT2D eigenvalue weighted by molar-refractivity contribution is 6.30. The fourth-order valence-electron chi connectivity index (χ4n) is 2.68. The number of imidazole rings is 1. The monoisotopic (exact) mass is 382 g/mol. The van der Waals surface area contributed by atoms with Crippen molar-refractivity contribution < 1.29 is 9.59 Å². The topological polar surface area (TPSA) is 76.0 Å². The highest BCUT2D eigenvalue weighted by Crippen LogP contribution is 2.16. The maximum Gasteiger partial charge on any atom is 0.251 e. The van der Waals surface area contributed by atoms with E-state index < -0.39 is 0 Å². The average molecular weight is 383 g/mol. The molecule has 2 N–H and O–H groups in total. The van der Waals surface area contributed by atoms with Gasteiger partial charge in [-0.05, 0) is 36.4 Å². The molecule has 2 amide bonds. The van der Waals surface area contributed by atoms with Gasteiger partial charge in [0, 0.05) is 17.1 Å². The highest BCUT2D eigenvalue weighted by atomic mass is 35.5. The van der Waals surface area contributed by atoms with E-state index in [9.17, 15) is 9.59 Å². The van der Waals surface area contributed by atoms with Gasteiger partial charge in [-0.15, -0.1) is 6.58 Å². The van der Waals surface area contributed by atoms with Gasteiger partial charge >= 0.3 is 0 Å². The van der Waals surface area contributed by atoms with Crippen LogP contribution in [-0.4, -0.2) is 27.9 Å². The number of aromatic nitrogens is 2. The molecule has 2 aromatic carbocycles. The van der Waals surface area contributed by atoms with E-state index in [1.807, 2.05) is 24.3 Å². The Bertz CT molecular complexity index is 979. The molecular weight excluding hydrogens is 364 g/mol. The maximum absolute atomic E-state index is 12.3. The van der Waals surface area contributed by atoms with Gasteiger partial charge in [0.2, 0.25) is 5.91 Å². The molecule has 7 heteroatoms. The largest absolute Gasteiger partial charge is 0.351 e. The molecule has 0 atom stereocenters. The van der Waals surface area contributed by atoms with Crippen molar-refractivity contribution in [2.45, 2.75) is 13.1 Å². The van der Waals surface area contributed by atoms with Gasteiger partial charge in [-0.25, -0.2) is 4.98 Å². The zero-order valence-electron chi connectivity index (χ0n) is 14.6. The summed E-state index contributed by atoms with van der Waals surface area (Å²) in [4.78, 5) is 29.0. The Balaban J connectivity index is 1.79. The van der Waals surface area contributed by atoms with Gasteiger partial charge < -0.3 is 15.2 Å². The summed E-state index contributed by atoms with van der Waals surface area (Å²) in [6, 6.07) is 14.2. The van der Waals surface area contributed by atoms with Crippen molar-refractivity contribution in [1.29, 1.82) is 0 Å². The molecule has 0 aliphatic carbocycles. The number of amides is 2. The maximum atomic E-state index is 12.3. The van der Waals surface area contributed by atoms with Crippen molar-refractivity contribution in [2.24, 2.45) is 0 Å². The minimum absolute atomic E-state index is 0.112. The lowest BCUT2D eigenvalue weighted by Gasteiger charge is -2.10. The quantitative estimate of drug-likeness (QED) is 0.617. The molecule has 0 unspecified atom stereocenters. The lowest BCUT2D eigenvalue weighted by molar-refractivity contribution is -0.121. The van der Waals surface area contributed by atoms with E-state index in [0.29, 0.717) is 23.0 Å². The van der Waals surface area contributed by atoms with Crippen LogP contribution in [0.2, 0.25) is 5.02 Å². The van der Waals surface area contributed by atoms with Crippen molar-refractivity contribution in [2.75, 3.05) is 6.54 Å². The fraction of sp³-hybridized carbons (Fsp3) is 0.150. The van der Waals surface area contributed by atoms with Gasteiger partial charge in [-0.3, -0.25) is 9.59 Å². The predicted molar refractivity (Wildman–Crippen MR) is 106 cm³/mol. The molecule has 3 aromatic rings. The summed E-state index contributed by atoms with van der Waals surface area (Å²) in [5, 5.41) is 6.16.